The lowest BCUT2D eigenvalue weighted by atomic mass is 10.1. The number of carbonyl (C=O) groups excluding carboxylic acids is 2. The first-order valence-corrected chi connectivity index (χ1v) is 18.9. The van der Waals surface area contributed by atoms with E-state index < -0.39 is 40.5 Å². The first-order chi connectivity index (χ1) is 26.9. The summed E-state index contributed by atoms with van der Waals surface area (Å²) in [4.78, 5) is 25.0. The number of rotatable bonds is 12. The van der Waals surface area contributed by atoms with Gasteiger partial charge in [-0.05, 0) is 82.8 Å². The topological polar surface area (TPSA) is 94.9 Å². The SMILES string of the molecule is CC1(C)C(/C=C(\Cl)C(F)(F)F)C1C(=O)OC(C#N)c1cccc(Oc2ccccc2)c1.CC1(C)C(C=C(Cl)Cl)C1C(=O)OCc1cccc(Oc2ccccc2)c1. The molecule has 6 rings (SSSR count). The molecule has 0 bridgehead atoms. The van der Waals surface area contributed by atoms with Crippen molar-refractivity contribution in [1.82, 2.24) is 0 Å². The molecule has 0 radical (unpaired) electrons. The van der Waals surface area contributed by atoms with Crippen molar-refractivity contribution in [2.75, 3.05) is 0 Å². The third-order valence-electron chi connectivity index (χ3n) is 9.98. The predicted molar refractivity (Wildman–Crippen MR) is 211 cm³/mol. The van der Waals surface area contributed by atoms with Gasteiger partial charge in [-0.15, -0.1) is 0 Å². The number of halogens is 6. The Balaban J connectivity index is 0.000000221. The van der Waals surface area contributed by atoms with Crippen LogP contribution in [0.25, 0.3) is 0 Å². The molecule has 0 spiro atoms. The molecule has 0 N–H and O–H groups in total. The summed E-state index contributed by atoms with van der Waals surface area (Å²) in [5.41, 5.74) is 0.307. The Kier molecular flexibility index (Phi) is 13.7. The van der Waals surface area contributed by atoms with Crippen LogP contribution in [0.3, 0.4) is 0 Å². The van der Waals surface area contributed by atoms with E-state index in [1.807, 2.05) is 92.7 Å². The number of alkyl halides is 3. The molecule has 2 saturated carbocycles. The largest absolute Gasteiger partial charge is 0.461 e. The van der Waals surface area contributed by atoms with Gasteiger partial charge in [-0.25, -0.2) is 0 Å². The van der Waals surface area contributed by atoms with Gasteiger partial charge in [-0.1, -0.05) is 129 Å². The Bertz CT molecular complexity index is 2150. The van der Waals surface area contributed by atoms with Crippen LogP contribution in [0, 0.1) is 45.8 Å². The van der Waals surface area contributed by atoms with Crippen molar-refractivity contribution in [2.45, 2.75) is 46.6 Å². The molecule has 5 atom stereocenters. The summed E-state index contributed by atoms with van der Waals surface area (Å²) in [6.07, 6.45) is -3.36. The molecule has 2 aliphatic carbocycles. The van der Waals surface area contributed by atoms with E-state index in [0.717, 1.165) is 17.4 Å². The van der Waals surface area contributed by atoms with E-state index in [1.165, 1.54) is 0 Å². The first kappa shape index (κ1) is 43.2. The second-order valence-corrected chi connectivity index (χ2v) is 16.1. The van der Waals surface area contributed by atoms with Crippen molar-refractivity contribution in [3.8, 4) is 29.1 Å². The zero-order valence-electron chi connectivity index (χ0n) is 31.3. The molecule has 4 aromatic carbocycles. The molecule has 13 heteroatoms. The minimum atomic E-state index is -4.68. The van der Waals surface area contributed by atoms with Gasteiger partial charge in [0.05, 0.1) is 11.8 Å². The van der Waals surface area contributed by atoms with Crippen molar-refractivity contribution in [3.05, 3.63) is 142 Å². The fraction of sp³-hybridized carbons (Fsp3) is 0.295. The molecule has 0 heterocycles. The van der Waals surface area contributed by atoms with Crippen LogP contribution in [0.5, 0.6) is 23.0 Å². The molecule has 0 amide bonds. The quantitative estimate of drug-likeness (QED) is 0.131. The van der Waals surface area contributed by atoms with Gasteiger partial charge >= 0.3 is 18.1 Å². The maximum absolute atomic E-state index is 12.7. The van der Waals surface area contributed by atoms with Gasteiger partial charge in [-0.3, -0.25) is 9.59 Å². The second-order valence-electron chi connectivity index (χ2n) is 14.7. The molecule has 2 fully saturated rings. The molecule has 7 nitrogen and oxygen atoms in total. The maximum atomic E-state index is 12.7. The lowest BCUT2D eigenvalue weighted by Gasteiger charge is -2.13. The van der Waals surface area contributed by atoms with E-state index in [4.69, 9.17) is 53.8 Å². The van der Waals surface area contributed by atoms with Crippen molar-refractivity contribution < 1.29 is 41.7 Å². The van der Waals surface area contributed by atoms with E-state index in [1.54, 1.807) is 56.3 Å². The fourth-order valence-corrected chi connectivity index (χ4v) is 6.96. The number of hydrogen-bond donors (Lipinski definition) is 0. The molecular weight excluding hydrogens is 802 g/mol. The molecule has 0 aromatic heterocycles. The molecule has 0 saturated heterocycles. The molecule has 298 valence electrons. The van der Waals surface area contributed by atoms with E-state index in [-0.39, 0.29) is 34.3 Å². The summed E-state index contributed by atoms with van der Waals surface area (Å²) < 4.78 is 60.7. The number of carbonyl (C=O) groups is 2. The Labute approximate surface area is 344 Å². The van der Waals surface area contributed by atoms with Crippen molar-refractivity contribution in [2.24, 2.45) is 34.5 Å². The van der Waals surface area contributed by atoms with Crippen LogP contribution in [-0.4, -0.2) is 18.1 Å². The van der Waals surface area contributed by atoms with Gasteiger partial charge in [0.2, 0.25) is 6.10 Å². The summed E-state index contributed by atoms with van der Waals surface area (Å²) >= 11 is 16.8. The fourth-order valence-electron chi connectivity index (χ4n) is 6.56. The highest BCUT2D eigenvalue weighted by atomic mass is 35.5. The molecule has 2 aliphatic rings. The van der Waals surface area contributed by atoms with E-state index in [0.29, 0.717) is 22.8 Å². The monoisotopic (exact) mass is 839 g/mol. The second kappa shape index (κ2) is 18.1. The number of ether oxygens (including phenoxy) is 4. The predicted octanol–water partition coefficient (Wildman–Crippen LogP) is 12.7. The normalized spacial score (nSPS) is 20.6. The number of benzene rings is 4. The standard InChI is InChI=1S/C23H19ClF3NO3.C21H20Cl2O3/c1-22(2)17(12-19(24)23(25,26)27)20(22)21(29)31-18(13-28)14-7-6-10-16(11-14)30-15-8-4-3-5-9-15;1-21(2)17(12-18(22)23)19(21)20(24)25-13-14-7-6-10-16(11-14)26-15-8-4-3-5-9-15/h3-12,17-18,20H,1-2H3;3-12,17,19H,13H2,1-2H3/b19-12-;. The van der Waals surface area contributed by atoms with Crippen LogP contribution in [0.4, 0.5) is 13.2 Å². The van der Waals surface area contributed by atoms with Crippen LogP contribution in [-0.2, 0) is 25.7 Å². The molecular formula is C44H39Cl3F3NO6. The van der Waals surface area contributed by atoms with Gasteiger partial charge < -0.3 is 18.9 Å². The lowest BCUT2D eigenvalue weighted by molar-refractivity contribution is -0.149. The average molecular weight is 841 g/mol. The van der Waals surface area contributed by atoms with Crippen molar-refractivity contribution in [1.29, 1.82) is 5.26 Å². The summed E-state index contributed by atoms with van der Waals surface area (Å²) in [6.45, 7) is 7.51. The van der Waals surface area contributed by atoms with Gasteiger partial charge in [0.25, 0.3) is 0 Å². The Morgan fingerprint density at radius 3 is 1.74 bits per heavy atom. The van der Waals surface area contributed by atoms with Crippen LogP contribution in [0.15, 0.2) is 131 Å². The van der Waals surface area contributed by atoms with Crippen LogP contribution in [0.2, 0.25) is 0 Å². The number of allylic oxidation sites excluding steroid dienone is 3. The molecule has 0 aliphatic heterocycles. The van der Waals surface area contributed by atoms with Crippen molar-refractivity contribution in [3.63, 3.8) is 0 Å². The van der Waals surface area contributed by atoms with E-state index in [9.17, 15) is 28.0 Å². The Morgan fingerprint density at radius 1 is 0.719 bits per heavy atom. The van der Waals surface area contributed by atoms with Gasteiger partial charge in [-0.2, -0.15) is 18.4 Å². The summed E-state index contributed by atoms with van der Waals surface area (Å²) in [7, 11) is 0. The minimum Gasteiger partial charge on any atom is -0.461 e. The Hall–Kier alpha value is -4.95. The highest BCUT2D eigenvalue weighted by Crippen LogP contribution is 2.61. The first-order valence-electron chi connectivity index (χ1n) is 17.8. The molecule has 4 aromatic rings. The summed E-state index contributed by atoms with van der Waals surface area (Å²) in [5.74, 6) is -0.263. The number of esters is 2. The highest BCUT2D eigenvalue weighted by Gasteiger charge is 2.63. The number of para-hydroxylation sites is 2. The van der Waals surface area contributed by atoms with Crippen molar-refractivity contribution >= 4 is 46.7 Å². The van der Waals surface area contributed by atoms with E-state index in [2.05, 4.69) is 0 Å². The smallest absolute Gasteiger partial charge is 0.426 e. The third-order valence-corrected chi connectivity index (χ3v) is 10.6. The van der Waals surface area contributed by atoms with E-state index >= 15 is 0 Å². The third kappa shape index (κ3) is 11.3. The van der Waals surface area contributed by atoms with Crippen LogP contribution >= 0.6 is 34.8 Å². The van der Waals surface area contributed by atoms with Gasteiger partial charge in [0.1, 0.15) is 45.2 Å². The number of nitrogens with zero attached hydrogens (tertiary/aromatic N) is 1. The van der Waals surface area contributed by atoms with Crippen LogP contribution in [0.1, 0.15) is 44.9 Å². The van der Waals surface area contributed by atoms with Crippen LogP contribution < -0.4 is 9.47 Å². The molecule has 57 heavy (non-hydrogen) atoms. The maximum Gasteiger partial charge on any atom is 0.426 e. The highest BCUT2D eigenvalue weighted by molar-refractivity contribution is 6.55. The average Bonchev–Trinajstić information content (AvgIpc) is 3.93. The number of nitriles is 1. The Morgan fingerprint density at radius 2 is 1.21 bits per heavy atom. The zero-order valence-corrected chi connectivity index (χ0v) is 33.6. The molecule has 5 unspecified atom stereocenters. The summed E-state index contributed by atoms with van der Waals surface area (Å²) in [5, 5.41) is 8.23. The van der Waals surface area contributed by atoms with Gasteiger partial charge in [0, 0.05) is 5.56 Å². The minimum absolute atomic E-state index is 0.00717. The number of hydrogen-bond acceptors (Lipinski definition) is 7. The lowest BCUT2D eigenvalue weighted by Crippen LogP contribution is -2.14. The zero-order chi connectivity index (χ0) is 41.5. The van der Waals surface area contributed by atoms with Gasteiger partial charge in [0.15, 0.2) is 0 Å². The summed E-state index contributed by atoms with van der Waals surface area (Å²) in [6, 6.07) is 34.5.